The van der Waals surface area contributed by atoms with Crippen LogP contribution in [0.5, 0.6) is 0 Å². The fourth-order valence-electron chi connectivity index (χ4n) is 3.68. The van der Waals surface area contributed by atoms with Gasteiger partial charge < -0.3 is 10.6 Å². The monoisotopic (exact) mass is 479 g/mol. The Morgan fingerprint density at radius 1 is 1.19 bits per heavy atom. The van der Waals surface area contributed by atoms with Crippen LogP contribution >= 0.6 is 11.3 Å². The molecule has 0 spiro atoms. The lowest BCUT2D eigenvalue weighted by Crippen LogP contribution is -2.52. The molecule has 1 aromatic heterocycles. The van der Waals surface area contributed by atoms with Crippen molar-refractivity contribution in [2.45, 2.75) is 19.4 Å². The van der Waals surface area contributed by atoms with Gasteiger partial charge in [-0.05, 0) is 26.0 Å². The Bertz CT molecular complexity index is 1010. The number of anilines is 1. The van der Waals surface area contributed by atoms with Crippen LogP contribution in [-0.2, 0) is 26.0 Å². The Labute approximate surface area is 192 Å². The Kier molecular flexibility index (Phi) is 7.99. The van der Waals surface area contributed by atoms with Crippen molar-refractivity contribution in [1.82, 2.24) is 14.2 Å². The van der Waals surface area contributed by atoms with Crippen molar-refractivity contribution in [1.29, 1.82) is 0 Å². The molecule has 0 aliphatic carbocycles. The van der Waals surface area contributed by atoms with Gasteiger partial charge in [-0.3, -0.25) is 19.5 Å². The van der Waals surface area contributed by atoms with Gasteiger partial charge in [-0.2, -0.15) is 4.31 Å². The summed E-state index contributed by atoms with van der Waals surface area (Å²) in [4.78, 5) is 33.0. The van der Waals surface area contributed by atoms with E-state index in [1.165, 1.54) is 33.7 Å². The third kappa shape index (κ3) is 5.91. The standard InChI is InChI=1S/C21H29N5O4S2/c1-16(20(22)27)26(19-13-23-15-31-19)21(28)18(12-17-6-4-3-5-7-17)14-32(29,30)25-10-8-24(2)9-11-25/h3-7,13,15-16,18H,8-12,14H2,1-2H3,(H2,22,27). The van der Waals surface area contributed by atoms with Crippen LogP contribution in [0, 0.1) is 5.92 Å². The van der Waals surface area contributed by atoms with Crippen molar-refractivity contribution in [3.63, 3.8) is 0 Å². The number of rotatable bonds is 9. The molecule has 2 aromatic rings. The van der Waals surface area contributed by atoms with E-state index in [-0.39, 0.29) is 12.2 Å². The van der Waals surface area contributed by atoms with Crippen LogP contribution in [0.15, 0.2) is 42.0 Å². The van der Waals surface area contributed by atoms with Crippen LogP contribution < -0.4 is 10.6 Å². The van der Waals surface area contributed by atoms with Gasteiger partial charge in [0.25, 0.3) is 0 Å². The predicted molar refractivity (Wildman–Crippen MR) is 125 cm³/mol. The van der Waals surface area contributed by atoms with Gasteiger partial charge in [0.15, 0.2) is 0 Å². The number of aromatic nitrogens is 1. The second-order valence-corrected chi connectivity index (χ2v) is 10.9. The van der Waals surface area contributed by atoms with Crippen molar-refractivity contribution in [2.24, 2.45) is 11.7 Å². The highest BCUT2D eigenvalue weighted by molar-refractivity contribution is 7.89. The molecule has 0 saturated carbocycles. The zero-order chi connectivity index (χ0) is 23.3. The maximum Gasteiger partial charge on any atom is 0.240 e. The molecule has 1 aromatic carbocycles. The molecule has 9 nitrogen and oxygen atoms in total. The number of carbonyl (C=O) groups excluding carboxylic acids is 2. The number of hydrogen-bond acceptors (Lipinski definition) is 7. The molecule has 32 heavy (non-hydrogen) atoms. The van der Waals surface area contributed by atoms with E-state index in [4.69, 9.17) is 5.73 Å². The largest absolute Gasteiger partial charge is 0.368 e. The molecule has 0 bridgehead atoms. The number of amides is 2. The molecule has 1 aliphatic rings. The van der Waals surface area contributed by atoms with Crippen LogP contribution in [0.3, 0.4) is 0 Å². The van der Waals surface area contributed by atoms with Gasteiger partial charge in [-0.15, -0.1) is 11.3 Å². The molecule has 1 saturated heterocycles. The van der Waals surface area contributed by atoms with Crippen molar-refractivity contribution in [3.05, 3.63) is 47.6 Å². The highest BCUT2D eigenvalue weighted by atomic mass is 32.2. The maximum atomic E-state index is 13.7. The number of sulfonamides is 1. The summed E-state index contributed by atoms with van der Waals surface area (Å²) < 4.78 is 27.9. The average Bonchev–Trinajstić information content (AvgIpc) is 3.28. The molecule has 2 atom stereocenters. The molecule has 2 amide bonds. The predicted octanol–water partition coefficient (Wildman–Crippen LogP) is 0.786. The lowest BCUT2D eigenvalue weighted by molar-refractivity contribution is -0.126. The van der Waals surface area contributed by atoms with Gasteiger partial charge in [-0.25, -0.2) is 8.42 Å². The SMILES string of the molecule is CC(C(N)=O)N(C(=O)C(Cc1ccccc1)CS(=O)(=O)N1CCN(C)CC1)c1cncs1. The minimum Gasteiger partial charge on any atom is -0.368 e. The maximum absolute atomic E-state index is 13.7. The van der Waals surface area contributed by atoms with Gasteiger partial charge >= 0.3 is 0 Å². The number of hydrogen-bond donors (Lipinski definition) is 1. The number of thiazole rings is 1. The summed E-state index contributed by atoms with van der Waals surface area (Å²) in [6.45, 7) is 3.60. The second-order valence-electron chi connectivity index (χ2n) is 7.99. The number of nitrogens with two attached hydrogens (primary N) is 1. The van der Waals surface area contributed by atoms with Crippen LogP contribution in [0.2, 0.25) is 0 Å². The molecule has 1 aliphatic heterocycles. The molecule has 174 valence electrons. The number of likely N-dealkylation sites (N-methyl/N-ethyl adjacent to an activating group) is 1. The first kappa shape index (κ1) is 24.3. The van der Waals surface area contributed by atoms with E-state index in [1.54, 1.807) is 5.51 Å². The summed E-state index contributed by atoms with van der Waals surface area (Å²) in [5.41, 5.74) is 7.91. The van der Waals surface area contributed by atoms with Gasteiger partial charge in [-0.1, -0.05) is 30.3 Å². The van der Waals surface area contributed by atoms with E-state index in [2.05, 4.69) is 9.88 Å². The zero-order valence-corrected chi connectivity index (χ0v) is 19.9. The fourth-order valence-corrected chi connectivity index (χ4v) is 6.10. The van der Waals surface area contributed by atoms with Crippen LogP contribution in [-0.4, -0.2) is 79.4 Å². The quantitative estimate of drug-likeness (QED) is 0.568. The Morgan fingerprint density at radius 2 is 1.84 bits per heavy atom. The topological polar surface area (TPSA) is 117 Å². The number of piperazine rings is 1. The van der Waals surface area contributed by atoms with E-state index < -0.39 is 33.8 Å². The molecule has 2 heterocycles. The third-order valence-corrected chi connectivity index (χ3v) is 8.38. The molecule has 11 heteroatoms. The van der Waals surface area contributed by atoms with Gasteiger partial charge in [0.1, 0.15) is 11.0 Å². The lowest BCUT2D eigenvalue weighted by Gasteiger charge is -2.34. The van der Waals surface area contributed by atoms with Crippen LogP contribution in [0.25, 0.3) is 0 Å². The molecular weight excluding hydrogens is 450 g/mol. The summed E-state index contributed by atoms with van der Waals surface area (Å²) in [5.74, 6) is -2.36. The number of nitrogens with zero attached hydrogens (tertiary/aromatic N) is 4. The highest BCUT2D eigenvalue weighted by Crippen LogP contribution is 2.26. The highest BCUT2D eigenvalue weighted by Gasteiger charge is 2.37. The first-order chi connectivity index (χ1) is 15.2. The smallest absolute Gasteiger partial charge is 0.240 e. The third-order valence-electron chi connectivity index (χ3n) is 5.63. The van der Waals surface area contributed by atoms with Crippen LogP contribution in [0.4, 0.5) is 5.00 Å². The first-order valence-corrected chi connectivity index (χ1v) is 12.9. The first-order valence-electron chi connectivity index (χ1n) is 10.4. The minimum atomic E-state index is -3.69. The summed E-state index contributed by atoms with van der Waals surface area (Å²) >= 11 is 1.20. The van der Waals surface area contributed by atoms with E-state index in [1.807, 2.05) is 37.4 Å². The molecule has 2 N–H and O–H groups in total. The summed E-state index contributed by atoms with van der Waals surface area (Å²) in [6.07, 6.45) is 1.71. The molecular formula is C21H29N5O4S2. The fraction of sp³-hybridized carbons (Fsp3) is 0.476. The Hall–Kier alpha value is -2.34. The second kappa shape index (κ2) is 10.5. The molecule has 0 radical (unpaired) electrons. The Balaban J connectivity index is 1.92. The molecule has 3 rings (SSSR count). The van der Waals surface area contributed by atoms with Gasteiger partial charge in [0.2, 0.25) is 21.8 Å². The van der Waals surface area contributed by atoms with Crippen LogP contribution in [0.1, 0.15) is 12.5 Å². The number of carbonyl (C=O) groups is 2. The zero-order valence-electron chi connectivity index (χ0n) is 18.3. The average molecular weight is 480 g/mol. The van der Waals surface area contributed by atoms with Crippen molar-refractivity contribution in [3.8, 4) is 0 Å². The van der Waals surface area contributed by atoms with E-state index in [0.29, 0.717) is 31.2 Å². The minimum absolute atomic E-state index is 0.230. The van der Waals surface area contributed by atoms with Crippen molar-refractivity contribution >= 4 is 38.2 Å². The summed E-state index contributed by atoms with van der Waals surface area (Å²) in [5, 5.41) is 0.455. The van der Waals surface area contributed by atoms with E-state index >= 15 is 0 Å². The molecule has 2 unspecified atom stereocenters. The van der Waals surface area contributed by atoms with Crippen molar-refractivity contribution < 1.29 is 18.0 Å². The van der Waals surface area contributed by atoms with Gasteiger partial charge in [0, 0.05) is 26.2 Å². The van der Waals surface area contributed by atoms with Crippen molar-refractivity contribution in [2.75, 3.05) is 43.9 Å². The van der Waals surface area contributed by atoms with Gasteiger partial charge in [0.05, 0.1) is 23.4 Å². The summed E-state index contributed by atoms with van der Waals surface area (Å²) in [6, 6.07) is 8.33. The lowest BCUT2D eigenvalue weighted by atomic mass is 9.99. The van der Waals surface area contributed by atoms with E-state index in [0.717, 1.165) is 5.56 Å². The Morgan fingerprint density at radius 3 is 2.41 bits per heavy atom. The normalized spacial score (nSPS) is 17.6. The van der Waals surface area contributed by atoms with E-state index in [9.17, 15) is 18.0 Å². The number of benzene rings is 1. The number of primary amides is 1. The molecule has 1 fully saturated rings. The summed E-state index contributed by atoms with van der Waals surface area (Å²) in [7, 11) is -1.74.